The number of hydrogen-bond acceptors (Lipinski definition) is 1. The predicted octanol–water partition coefficient (Wildman–Crippen LogP) is 12.0. The van der Waals surface area contributed by atoms with Crippen LogP contribution in [0.3, 0.4) is 0 Å². The zero-order valence-corrected chi connectivity index (χ0v) is 24.6. The highest BCUT2D eigenvalue weighted by Crippen LogP contribution is 2.47. The number of imidazole rings is 1. The van der Waals surface area contributed by atoms with Crippen LogP contribution in [0.5, 0.6) is 0 Å². The molecule has 1 heterocycles. The monoisotopic (exact) mass is 613 g/mol. The van der Waals surface area contributed by atoms with E-state index in [9.17, 15) is 0 Å². The summed E-state index contributed by atoms with van der Waals surface area (Å²) in [4.78, 5) is 5.01. The molecule has 0 aliphatic carbocycles. The average molecular weight is 614 g/mol. The summed E-state index contributed by atoms with van der Waals surface area (Å²) in [5.41, 5.74) is 2.80. The number of rotatable bonds is 5. The summed E-state index contributed by atoms with van der Waals surface area (Å²) in [6.07, 6.45) is 0. The van der Waals surface area contributed by atoms with Crippen molar-refractivity contribution in [2.75, 3.05) is 0 Å². The van der Waals surface area contributed by atoms with Crippen molar-refractivity contribution in [3.63, 3.8) is 0 Å². The summed E-state index contributed by atoms with van der Waals surface area (Å²) in [6, 6.07) is 18.8. The van der Waals surface area contributed by atoms with Crippen LogP contribution in [0.15, 0.2) is 182 Å². The quantitative estimate of drug-likeness (QED) is 0.177. The first-order valence-corrected chi connectivity index (χ1v) is 14.8. The van der Waals surface area contributed by atoms with Crippen LogP contribution in [0, 0.1) is 0 Å². The van der Waals surface area contributed by atoms with E-state index in [2.05, 4.69) is 0 Å². The van der Waals surface area contributed by atoms with Crippen molar-refractivity contribution in [1.82, 2.24) is 9.55 Å². The molecule has 0 amide bonds. The van der Waals surface area contributed by atoms with Gasteiger partial charge in [-0.15, -0.1) is 0 Å². The minimum absolute atomic E-state index is 0.0904. The summed E-state index contributed by atoms with van der Waals surface area (Å²) in [5.74, 6) is 0.253. The molecule has 0 spiro atoms. The Morgan fingerprint density at radius 3 is 1.77 bits per heavy atom. The van der Waals surface area contributed by atoms with Gasteiger partial charge in [0.2, 0.25) is 0 Å². The molecule has 1 aromatic heterocycles. The van der Waals surface area contributed by atoms with Crippen LogP contribution in [0.2, 0.25) is 0 Å². The lowest BCUT2D eigenvalue weighted by molar-refractivity contribution is 1.10. The van der Waals surface area contributed by atoms with E-state index in [0.29, 0.717) is 49.3 Å². The lowest BCUT2D eigenvalue weighted by atomic mass is 9.83. The van der Waals surface area contributed by atoms with Crippen LogP contribution in [0.25, 0.3) is 83.0 Å². The van der Waals surface area contributed by atoms with Gasteiger partial charge in [0.05, 0.1) is 31.6 Å². The van der Waals surface area contributed by atoms with Gasteiger partial charge in [-0.1, -0.05) is 151 Å². The predicted molar refractivity (Wildman–Crippen MR) is 198 cm³/mol. The van der Waals surface area contributed by atoms with Crippen LogP contribution in [-0.4, -0.2) is 9.55 Å². The highest BCUT2D eigenvalue weighted by molar-refractivity contribution is 6.23. The molecule has 0 N–H and O–H groups in total. The second-order valence-electron chi connectivity index (χ2n) is 10.8. The third kappa shape index (κ3) is 4.54. The third-order valence-electron chi connectivity index (χ3n) is 8.27. The van der Waals surface area contributed by atoms with Crippen LogP contribution >= 0.6 is 0 Å². The molecule has 0 radical (unpaired) electrons. The van der Waals surface area contributed by atoms with E-state index < -0.39 is 90.6 Å². The molecule has 47 heavy (non-hydrogen) atoms. The standard InChI is InChI=1S/C45H30N2/c1-4-16-31(17-5-1)33-28-29-38-40(30-33)43(32-18-6-2-7-19-32)35-22-10-11-23-36(35)44(38)37-24-12-13-25-39(37)45-46-41-26-14-15-27-42(41)47(45)34-20-8-3-9-21-34/h1-30H/i1D,2D,3D,4D,5D,6D,7D,8D,9D,16D,17D,18D,19D,20D,21D. The summed E-state index contributed by atoms with van der Waals surface area (Å²) in [6.45, 7) is 0. The van der Waals surface area contributed by atoms with Gasteiger partial charge in [0.15, 0.2) is 0 Å². The van der Waals surface area contributed by atoms with Gasteiger partial charge >= 0.3 is 0 Å². The minimum Gasteiger partial charge on any atom is -0.292 e. The lowest BCUT2D eigenvalue weighted by Crippen LogP contribution is -1.99. The normalized spacial score (nSPS) is 15.9. The zero-order valence-electron chi connectivity index (χ0n) is 39.6. The Labute approximate surface area is 294 Å². The summed E-state index contributed by atoms with van der Waals surface area (Å²) in [7, 11) is 0. The van der Waals surface area contributed by atoms with Gasteiger partial charge in [0.1, 0.15) is 5.82 Å². The summed E-state index contributed by atoms with van der Waals surface area (Å²) in [5, 5.41) is 1.91. The Hall–Kier alpha value is -6.25. The van der Waals surface area contributed by atoms with Gasteiger partial charge in [0.25, 0.3) is 0 Å². The van der Waals surface area contributed by atoms with Crippen molar-refractivity contribution in [3.05, 3.63) is 182 Å². The highest BCUT2D eigenvalue weighted by Gasteiger charge is 2.22. The fraction of sp³-hybridized carbons (Fsp3) is 0. The first-order valence-electron chi connectivity index (χ1n) is 22.3. The smallest absolute Gasteiger partial charge is 0.146 e. The maximum atomic E-state index is 9.11. The highest BCUT2D eigenvalue weighted by atomic mass is 15.1. The fourth-order valence-electron chi connectivity index (χ4n) is 6.35. The van der Waals surface area contributed by atoms with Crippen LogP contribution in [0.4, 0.5) is 0 Å². The molecule has 0 fully saturated rings. The molecule has 8 aromatic carbocycles. The molecule has 0 unspecified atom stereocenters. The number of para-hydroxylation sites is 3. The van der Waals surface area contributed by atoms with Gasteiger partial charge in [-0.3, -0.25) is 4.57 Å². The lowest BCUT2D eigenvalue weighted by Gasteiger charge is -2.20. The Morgan fingerprint density at radius 1 is 0.447 bits per heavy atom. The van der Waals surface area contributed by atoms with Crippen LogP contribution in [0.1, 0.15) is 20.6 Å². The van der Waals surface area contributed by atoms with Crippen molar-refractivity contribution < 1.29 is 20.6 Å². The molecule has 0 bridgehead atoms. The molecule has 220 valence electrons. The molecule has 0 saturated carbocycles. The van der Waals surface area contributed by atoms with Crippen LogP contribution in [-0.2, 0) is 0 Å². The number of benzene rings is 8. The third-order valence-corrected chi connectivity index (χ3v) is 8.27. The number of hydrogen-bond donors (Lipinski definition) is 0. The van der Waals surface area contributed by atoms with Gasteiger partial charge in [-0.05, 0) is 85.2 Å². The van der Waals surface area contributed by atoms with Gasteiger partial charge in [-0.2, -0.15) is 0 Å². The Kier molecular flexibility index (Phi) is 3.80. The minimum atomic E-state index is -0.579. The van der Waals surface area contributed by atoms with Gasteiger partial charge < -0.3 is 0 Å². The second-order valence-corrected chi connectivity index (χ2v) is 10.8. The van der Waals surface area contributed by atoms with Gasteiger partial charge in [0, 0.05) is 11.3 Å². The van der Waals surface area contributed by atoms with E-state index >= 15 is 0 Å². The number of fused-ring (bicyclic) bond motifs is 3. The Morgan fingerprint density at radius 2 is 1.02 bits per heavy atom. The van der Waals surface area contributed by atoms with E-state index in [4.69, 9.17) is 25.5 Å². The maximum Gasteiger partial charge on any atom is 0.146 e. The molecule has 0 saturated heterocycles. The molecule has 2 nitrogen and oxygen atoms in total. The zero-order chi connectivity index (χ0) is 44.2. The van der Waals surface area contributed by atoms with Crippen molar-refractivity contribution in [2.45, 2.75) is 0 Å². The SMILES string of the molecule is [2H]c1c([2H])c([2H])c(-c2ccc3c(-c4ccccc4-c4nc5ccccc5n4-c4c([2H])c([2H])c([2H])c([2H])c4[2H])c4ccccc4c(-c4c([2H])c([2H])c([2H])c([2H])c4[2H])c3c2)c([2H])c1[2H]. The average Bonchev–Trinajstić information content (AvgIpc) is 3.66. The summed E-state index contributed by atoms with van der Waals surface area (Å²) >= 11 is 0. The molecule has 9 rings (SSSR count). The van der Waals surface area contributed by atoms with Crippen molar-refractivity contribution in [1.29, 1.82) is 0 Å². The maximum absolute atomic E-state index is 9.11. The van der Waals surface area contributed by atoms with Crippen molar-refractivity contribution in [3.8, 4) is 50.5 Å². The topological polar surface area (TPSA) is 17.8 Å². The van der Waals surface area contributed by atoms with E-state index in [1.807, 2.05) is 18.2 Å². The molecule has 9 aromatic rings. The first-order chi connectivity index (χ1) is 29.6. The van der Waals surface area contributed by atoms with E-state index in [0.717, 1.165) is 0 Å². The van der Waals surface area contributed by atoms with Crippen molar-refractivity contribution >= 4 is 32.6 Å². The molecule has 0 aliphatic rings. The second kappa shape index (κ2) is 11.3. The first kappa shape index (κ1) is 15.8. The molecule has 0 atom stereocenters. The largest absolute Gasteiger partial charge is 0.292 e. The van der Waals surface area contributed by atoms with Gasteiger partial charge in [-0.25, -0.2) is 4.98 Å². The molecular weight excluding hydrogens is 569 g/mol. The number of aromatic nitrogens is 2. The molecular formula is C45H30N2. The fourth-order valence-corrected chi connectivity index (χ4v) is 6.35. The summed E-state index contributed by atoms with van der Waals surface area (Å²) < 4.78 is 131. The Bertz CT molecular complexity index is 3350. The van der Waals surface area contributed by atoms with Crippen LogP contribution < -0.4 is 0 Å². The Balaban J connectivity index is 1.46. The van der Waals surface area contributed by atoms with Crippen molar-refractivity contribution in [2.24, 2.45) is 0 Å². The molecule has 0 aliphatic heterocycles. The number of nitrogens with zero attached hydrogens (tertiary/aromatic N) is 2. The van der Waals surface area contributed by atoms with E-state index in [1.165, 1.54) is 0 Å². The van der Waals surface area contributed by atoms with E-state index in [-0.39, 0.29) is 33.8 Å². The van der Waals surface area contributed by atoms with E-state index in [1.54, 1.807) is 77.4 Å². The molecule has 2 heteroatoms.